The number of benzene rings is 2. The van der Waals surface area contributed by atoms with E-state index in [1.165, 1.54) is 18.2 Å². The van der Waals surface area contributed by atoms with Gasteiger partial charge >= 0.3 is 5.97 Å². The smallest absolute Gasteiger partial charge is 0.342 e. The van der Waals surface area contributed by atoms with Crippen LogP contribution in [0, 0.1) is 17.0 Å². The molecule has 0 aliphatic carbocycles. The van der Waals surface area contributed by atoms with Gasteiger partial charge in [0, 0.05) is 11.8 Å². The molecule has 0 aliphatic rings. The summed E-state index contributed by atoms with van der Waals surface area (Å²) in [4.78, 5) is 21.1. The molecule has 7 heteroatoms. The van der Waals surface area contributed by atoms with E-state index in [2.05, 4.69) is 5.32 Å². The molecule has 2 aromatic rings. The number of carboxylic acids is 1. The zero-order chi connectivity index (χ0) is 15.6. The van der Waals surface area contributed by atoms with E-state index in [1.807, 2.05) is 13.0 Å². The summed E-state index contributed by atoms with van der Waals surface area (Å²) in [5.41, 5.74) is 1.12. The summed E-state index contributed by atoms with van der Waals surface area (Å²) in [6.07, 6.45) is 0. The Bertz CT molecular complexity index is 731. The van der Waals surface area contributed by atoms with E-state index in [4.69, 9.17) is 16.7 Å². The molecule has 0 atom stereocenters. The van der Waals surface area contributed by atoms with Crippen LogP contribution < -0.4 is 5.32 Å². The molecule has 0 amide bonds. The van der Waals surface area contributed by atoms with E-state index < -0.39 is 16.6 Å². The minimum Gasteiger partial charge on any atom is -0.477 e. The molecule has 108 valence electrons. The van der Waals surface area contributed by atoms with Gasteiger partial charge in [0.05, 0.1) is 15.6 Å². The highest BCUT2D eigenvalue weighted by Crippen LogP contribution is 2.29. The average Bonchev–Trinajstić information content (AvgIpc) is 2.41. The van der Waals surface area contributed by atoms with E-state index in [0.717, 1.165) is 5.56 Å². The average molecular weight is 307 g/mol. The van der Waals surface area contributed by atoms with Gasteiger partial charge in [0.25, 0.3) is 5.69 Å². The van der Waals surface area contributed by atoms with Crippen LogP contribution in [0.1, 0.15) is 15.9 Å². The number of carbonyl (C=O) groups is 1. The zero-order valence-corrected chi connectivity index (χ0v) is 11.7. The van der Waals surface area contributed by atoms with Crippen molar-refractivity contribution in [2.45, 2.75) is 6.92 Å². The maximum Gasteiger partial charge on any atom is 0.342 e. The molecule has 0 fully saturated rings. The van der Waals surface area contributed by atoms with Gasteiger partial charge in [-0.3, -0.25) is 10.1 Å². The lowest BCUT2D eigenvalue weighted by atomic mass is 10.1. The third-order valence-electron chi connectivity index (χ3n) is 2.83. The van der Waals surface area contributed by atoms with Crippen molar-refractivity contribution >= 4 is 34.6 Å². The molecule has 0 radical (unpaired) electrons. The van der Waals surface area contributed by atoms with Gasteiger partial charge < -0.3 is 10.4 Å². The van der Waals surface area contributed by atoms with Crippen molar-refractivity contribution in [3.8, 4) is 0 Å². The zero-order valence-electron chi connectivity index (χ0n) is 11.0. The lowest BCUT2D eigenvalue weighted by Gasteiger charge is -2.09. The maximum absolute atomic E-state index is 10.9. The highest BCUT2D eigenvalue weighted by Gasteiger charge is 2.20. The number of nitro benzene ring substituents is 1. The lowest BCUT2D eigenvalue weighted by molar-refractivity contribution is -0.385. The Balaban J connectivity index is 2.39. The third-order valence-corrected chi connectivity index (χ3v) is 3.14. The number of hydrogen-bond acceptors (Lipinski definition) is 4. The Morgan fingerprint density at radius 2 is 2.00 bits per heavy atom. The fourth-order valence-corrected chi connectivity index (χ4v) is 2.10. The van der Waals surface area contributed by atoms with Crippen LogP contribution in [-0.4, -0.2) is 16.0 Å². The van der Waals surface area contributed by atoms with Gasteiger partial charge in [0.15, 0.2) is 0 Å². The monoisotopic (exact) mass is 306 g/mol. The number of nitrogens with zero attached hydrogens (tertiary/aromatic N) is 1. The molecular weight excluding hydrogens is 296 g/mol. The van der Waals surface area contributed by atoms with Crippen LogP contribution in [0.3, 0.4) is 0 Å². The van der Waals surface area contributed by atoms with Gasteiger partial charge in [-0.2, -0.15) is 0 Å². The summed E-state index contributed by atoms with van der Waals surface area (Å²) in [7, 11) is 0. The van der Waals surface area contributed by atoms with Gasteiger partial charge in [0.2, 0.25) is 0 Å². The van der Waals surface area contributed by atoms with Crippen LogP contribution in [0.15, 0.2) is 36.4 Å². The van der Waals surface area contributed by atoms with Crippen molar-refractivity contribution in [3.05, 3.63) is 62.7 Å². The van der Waals surface area contributed by atoms with Crippen molar-refractivity contribution in [1.29, 1.82) is 0 Å². The number of aromatic carboxylic acids is 1. The van der Waals surface area contributed by atoms with E-state index in [1.54, 1.807) is 12.1 Å². The standard InChI is InChI=1S/C14H11ClN2O4/c1-8-2-5-12(11(15)6-8)16-9-3-4-10(14(18)19)13(7-9)17(20)21/h2-7,16H,1H3,(H,18,19). The number of carboxylic acid groups (broad SMARTS) is 1. The van der Waals surface area contributed by atoms with Crippen LogP contribution in [0.5, 0.6) is 0 Å². The fraction of sp³-hybridized carbons (Fsp3) is 0.0714. The summed E-state index contributed by atoms with van der Waals surface area (Å²) in [5.74, 6) is -1.35. The third kappa shape index (κ3) is 3.29. The van der Waals surface area contributed by atoms with Gasteiger partial charge in [0.1, 0.15) is 5.56 Å². The van der Waals surface area contributed by atoms with Crippen LogP contribution in [0.4, 0.5) is 17.1 Å². The first-order valence-electron chi connectivity index (χ1n) is 5.93. The first-order valence-corrected chi connectivity index (χ1v) is 6.31. The molecule has 2 rings (SSSR count). The van der Waals surface area contributed by atoms with Gasteiger partial charge in [-0.1, -0.05) is 17.7 Å². The Hall–Kier alpha value is -2.60. The minimum atomic E-state index is -1.35. The number of halogens is 1. The number of nitrogens with one attached hydrogen (secondary N) is 1. The molecule has 0 aliphatic heterocycles. The van der Waals surface area contributed by atoms with Crippen LogP contribution >= 0.6 is 11.6 Å². The quantitative estimate of drug-likeness (QED) is 0.658. The van der Waals surface area contributed by atoms with Crippen LogP contribution in [0.25, 0.3) is 0 Å². The van der Waals surface area contributed by atoms with Crippen LogP contribution in [0.2, 0.25) is 5.02 Å². The van der Waals surface area contributed by atoms with E-state index in [9.17, 15) is 14.9 Å². The Morgan fingerprint density at radius 3 is 2.57 bits per heavy atom. The summed E-state index contributed by atoms with van der Waals surface area (Å²) >= 11 is 6.07. The molecule has 0 heterocycles. The van der Waals surface area contributed by atoms with Gasteiger partial charge in [-0.25, -0.2) is 4.79 Å². The Labute approximate surface area is 125 Å². The topological polar surface area (TPSA) is 92.5 Å². The SMILES string of the molecule is Cc1ccc(Nc2ccc(C(=O)O)c([N+](=O)[O-])c2)c(Cl)c1. The van der Waals surface area contributed by atoms with Crippen molar-refractivity contribution in [2.24, 2.45) is 0 Å². The van der Waals surface area contributed by atoms with Crippen molar-refractivity contribution in [1.82, 2.24) is 0 Å². The normalized spacial score (nSPS) is 10.2. The molecule has 0 unspecified atom stereocenters. The largest absolute Gasteiger partial charge is 0.477 e. The Kier molecular flexibility index (Phi) is 4.09. The van der Waals surface area contributed by atoms with Gasteiger partial charge in [-0.05, 0) is 36.8 Å². The van der Waals surface area contributed by atoms with Gasteiger partial charge in [-0.15, -0.1) is 0 Å². The van der Waals surface area contributed by atoms with Crippen molar-refractivity contribution < 1.29 is 14.8 Å². The first-order chi connectivity index (χ1) is 9.88. The molecule has 6 nitrogen and oxygen atoms in total. The maximum atomic E-state index is 10.9. The first kappa shape index (κ1) is 14.8. The molecule has 0 aromatic heterocycles. The fourth-order valence-electron chi connectivity index (χ4n) is 1.82. The van der Waals surface area contributed by atoms with Crippen LogP contribution in [-0.2, 0) is 0 Å². The second-order valence-electron chi connectivity index (χ2n) is 4.40. The summed E-state index contributed by atoms with van der Waals surface area (Å²) in [5, 5.41) is 23.3. The van der Waals surface area contributed by atoms with E-state index in [-0.39, 0.29) is 5.56 Å². The van der Waals surface area contributed by atoms with E-state index in [0.29, 0.717) is 16.4 Å². The molecule has 0 saturated carbocycles. The van der Waals surface area contributed by atoms with Crippen molar-refractivity contribution in [2.75, 3.05) is 5.32 Å². The highest BCUT2D eigenvalue weighted by molar-refractivity contribution is 6.33. The Morgan fingerprint density at radius 1 is 1.29 bits per heavy atom. The molecule has 21 heavy (non-hydrogen) atoms. The number of hydrogen-bond donors (Lipinski definition) is 2. The number of anilines is 2. The molecule has 0 bridgehead atoms. The summed E-state index contributed by atoms with van der Waals surface area (Å²) in [6, 6.07) is 9.14. The predicted octanol–water partition coefficient (Wildman–Crippen LogP) is 4.00. The summed E-state index contributed by atoms with van der Waals surface area (Å²) in [6.45, 7) is 1.89. The lowest BCUT2D eigenvalue weighted by Crippen LogP contribution is -2.03. The molecule has 2 aromatic carbocycles. The second kappa shape index (κ2) is 5.80. The molecule has 2 N–H and O–H groups in total. The second-order valence-corrected chi connectivity index (χ2v) is 4.81. The predicted molar refractivity (Wildman–Crippen MR) is 79.5 cm³/mol. The molecule has 0 spiro atoms. The number of nitro groups is 1. The minimum absolute atomic E-state index is 0.361. The number of aryl methyl sites for hydroxylation is 1. The molecular formula is C14H11ClN2O4. The molecule has 0 saturated heterocycles. The van der Waals surface area contributed by atoms with Crippen molar-refractivity contribution in [3.63, 3.8) is 0 Å². The number of rotatable bonds is 4. The highest BCUT2D eigenvalue weighted by atomic mass is 35.5. The van der Waals surface area contributed by atoms with E-state index >= 15 is 0 Å². The summed E-state index contributed by atoms with van der Waals surface area (Å²) < 4.78 is 0.